The topological polar surface area (TPSA) is 86.8 Å². The molecule has 40 heavy (non-hydrogen) atoms. The molecule has 0 fully saturated rings. The van der Waals surface area contributed by atoms with E-state index in [-0.39, 0.29) is 18.9 Å². The van der Waals surface area contributed by atoms with Gasteiger partial charge in [0.2, 0.25) is 21.8 Å². The van der Waals surface area contributed by atoms with Crippen LogP contribution in [0.5, 0.6) is 0 Å². The molecule has 7 nitrogen and oxygen atoms in total. The molecule has 2 amide bonds. The van der Waals surface area contributed by atoms with E-state index in [0.29, 0.717) is 22.8 Å². The van der Waals surface area contributed by atoms with Crippen molar-refractivity contribution in [1.29, 1.82) is 0 Å². The number of unbranched alkanes of at least 4 members (excludes halogenated alkanes) is 1. The van der Waals surface area contributed by atoms with Gasteiger partial charge in [0.25, 0.3) is 0 Å². The Hall–Kier alpha value is -3.36. The number of carbonyl (C=O) groups excluding carboxylic acids is 2. The normalized spacial score (nSPS) is 12.0. The summed E-state index contributed by atoms with van der Waals surface area (Å²) < 4.78 is 27.0. The Morgan fingerprint density at radius 1 is 0.950 bits per heavy atom. The molecule has 0 aliphatic rings. The molecule has 0 aromatic heterocycles. The number of hydrogen-bond donors (Lipinski definition) is 1. The first-order valence-corrected chi connectivity index (χ1v) is 15.6. The number of benzene rings is 3. The molecule has 3 aromatic rings. The predicted molar refractivity (Wildman–Crippen MR) is 162 cm³/mol. The van der Waals surface area contributed by atoms with Crippen molar-refractivity contribution in [2.75, 3.05) is 23.7 Å². The lowest BCUT2D eigenvalue weighted by molar-refractivity contribution is -0.140. The first kappa shape index (κ1) is 31.2. The van der Waals surface area contributed by atoms with E-state index in [0.717, 1.165) is 40.1 Å². The van der Waals surface area contributed by atoms with Gasteiger partial charge in [0, 0.05) is 24.5 Å². The molecule has 0 aliphatic carbocycles. The van der Waals surface area contributed by atoms with Crippen LogP contribution in [0.4, 0.5) is 5.69 Å². The van der Waals surface area contributed by atoms with Crippen LogP contribution in [0, 0.1) is 13.8 Å². The molecule has 1 atom stereocenters. The summed E-state index contributed by atoms with van der Waals surface area (Å²) in [5, 5.41) is 3.45. The lowest BCUT2D eigenvalue weighted by Crippen LogP contribution is -2.53. The third kappa shape index (κ3) is 8.83. The van der Waals surface area contributed by atoms with Crippen LogP contribution in [-0.4, -0.2) is 50.5 Å². The second kappa shape index (κ2) is 14.3. The minimum atomic E-state index is -3.84. The van der Waals surface area contributed by atoms with Gasteiger partial charge in [-0.1, -0.05) is 85.1 Å². The van der Waals surface area contributed by atoms with Gasteiger partial charge in [-0.25, -0.2) is 8.42 Å². The van der Waals surface area contributed by atoms with Crippen molar-refractivity contribution in [3.8, 4) is 0 Å². The lowest BCUT2D eigenvalue weighted by Gasteiger charge is -2.34. The number of halogens is 1. The monoisotopic (exact) mass is 583 g/mol. The maximum atomic E-state index is 14.1. The summed E-state index contributed by atoms with van der Waals surface area (Å²) in [6.07, 6.45) is 3.08. The zero-order valence-corrected chi connectivity index (χ0v) is 25.1. The Bertz CT molecular complexity index is 1400. The van der Waals surface area contributed by atoms with E-state index in [2.05, 4.69) is 5.32 Å². The van der Waals surface area contributed by atoms with Crippen LogP contribution in [0.25, 0.3) is 0 Å². The molecule has 0 spiro atoms. The van der Waals surface area contributed by atoms with E-state index in [1.807, 2.05) is 68.4 Å². The fourth-order valence-electron chi connectivity index (χ4n) is 4.44. The SMILES string of the molecule is CCCCNC(=O)[C@@H](Cc1ccccc1)N(Cc1ccc(C)cc1)C(=O)CN(c1ccc(Cl)cc1C)S(C)(=O)=O. The summed E-state index contributed by atoms with van der Waals surface area (Å²) in [5.41, 5.74) is 3.79. The molecule has 0 radical (unpaired) electrons. The van der Waals surface area contributed by atoms with Gasteiger partial charge in [0.15, 0.2) is 0 Å². The van der Waals surface area contributed by atoms with Crippen LogP contribution < -0.4 is 9.62 Å². The molecule has 0 unspecified atom stereocenters. The zero-order valence-electron chi connectivity index (χ0n) is 23.6. The zero-order chi connectivity index (χ0) is 29.3. The van der Waals surface area contributed by atoms with Crippen molar-refractivity contribution < 1.29 is 18.0 Å². The Balaban J connectivity index is 2.04. The number of anilines is 1. The summed E-state index contributed by atoms with van der Waals surface area (Å²) in [7, 11) is -3.84. The molecular weight excluding hydrogens is 546 g/mol. The molecule has 0 bridgehead atoms. The molecule has 214 valence electrons. The summed E-state index contributed by atoms with van der Waals surface area (Å²) in [6, 6.07) is 21.2. The third-order valence-corrected chi connectivity index (χ3v) is 8.04. The number of aryl methyl sites for hydroxylation is 2. The number of nitrogens with zero attached hydrogens (tertiary/aromatic N) is 2. The highest BCUT2D eigenvalue weighted by Crippen LogP contribution is 2.26. The molecule has 3 aromatic carbocycles. The number of amides is 2. The number of nitrogens with one attached hydrogen (secondary N) is 1. The fourth-order valence-corrected chi connectivity index (χ4v) is 5.58. The smallest absolute Gasteiger partial charge is 0.244 e. The Kier molecular flexibility index (Phi) is 11.2. The summed E-state index contributed by atoms with van der Waals surface area (Å²) in [6.45, 7) is 5.94. The summed E-state index contributed by atoms with van der Waals surface area (Å²) >= 11 is 6.11. The maximum Gasteiger partial charge on any atom is 0.244 e. The van der Waals surface area contributed by atoms with Crippen LogP contribution in [0.1, 0.15) is 42.0 Å². The second-order valence-corrected chi connectivity index (χ2v) is 12.4. The van der Waals surface area contributed by atoms with E-state index >= 15 is 0 Å². The molecule has 9 heteroatoms. The van der Waals surface area contributed by atoms with Gasteiger partial charge in [0.05, 0.1) is 11.9 Å². The van der Waals surface area contributed by atoms with Gasteiger partial charge < -0.3 is 10.2 Å². The number of rotatable bonds is 13. The highest BCUT2D eigenvalue weighted by Gasteiger charge is 2.33. The quantitative estimate of drug-likeness (QED) is 0.277. The first-order valence-electron chi connectivity index (χ1n) is 13.4. The molecule has 3 rings (SSSR count). The highest BCUT2D eigenvalue weighted by atomic mass is 35.5. The minimum absolute atomic E-state index is 0.148. The van der Waals surface area contributed by atoms with E-state index < -0.39 is 28.5 Å². The largest absolute Gasteiger partial charge is 0.354 e. The number of hydrogen-bond acceptors (Lipinski definition) is 4. The van der Waals surface area contributed by atoms with Gasteiger partial charge in [0.1, 0.15) is 12.6 Å². The van der Waals surface area contributed by atoms with Gasteiger partial charge in [-0.05, 0) is 55.2 Å². The van der Waals surface area contributed by atoms with Crippen LogP contribution in [0.2, 0.25) is 5.02 Å². The molecule has 0 heterocycles. The van der Waals surface area contributed by atoms with Crippen molar-refractivity contribution in [2.45, 2.75) is 52.6 Å². The van der Waals surface area contributed by atoms with Gasteiger partial charge in [-0.2, -0.15) is 0 Å². The van der Waals surface area contributed by atoms with Gasteiger partial charge >= 0.3 is 0 Å². The van der Waals surface area contributed by atoms with E-state index in [1.165, 1.54) is 4.90 Å². The minimum Gasteiger partial charge on any atom is -0.354 e. The van der Waals surface area contributed by atoms with Gasteiger partial charge in [-0.15, -0.1) is 0 Å². The molecule has 0 aliphatic heterocycles. The number of carbonyl (C=O) groups is 2. The van der Waals surface area contributed by atoms with Crippen molar-refractivity contribution in [3.05, 3.63) is 100 Å². The Morgan fingerprint density at radius 2 is 1.62 bits per heavy atom. The van der Waals surface area contributed by atoms with E-state index in [1.54, 1.807) is 25.1 Å². The lowest BCUT2D eigenvalue weighted by atomic mass is 10.0. The third-order valence-electron chi connectivity index (χ3n) is 6.68. The van der Waals surface area contributed by atoms with Crippen molar-refractivity contribution in [3.63, 3.8) is 0 Å². The summed E-state index contributed by atoms with van der Waals surface area (Å²) in [5.74, 6) is -0.752. The Labute approximate surface area is 243 Å². The van der Waals surface area contributed by atoms with Gasteiger partial charge in [-0.3, -0.25) is 13.9 Å². The molecule has 0 saturated carbocycles. The molecular formula is C31H38ClN3O4S. The molecule has 0 saturated heterocycles. The van der Waals surface area contributed by atoms with Crippen LogP contribution in [-0.2, 0) is 32.6 Å². The van der Waals surface area contributed by atoms with Crippen LogP contribution in [0.15, 0.2) is 72.8 Å². The standard InChI is InChI=1S/C31H38ClN3O4S/c1-5-6-18-33-31(37)29(20-25-10-8-7-9-11-25)34(21-26-14-12-23(2)13-15-26)30(36)22-35(40(4,38)39)28-17-16-27(32)19-24(28)3/h7-17,19,29H,5-6,18,20-22H2,1-4H3,(H,33,37)/t29-/m1/s1. The fraction of sp³-hybridized carbons (Fsp3) is 0.355. The van der Waals surface area contributed by atoms with E-state index in [4.69, 9.17) is 11.6 Å². The Morgan fingerprint density at radius 3 is 2.23 bits per heavy atom. The van der Waals surface area contributed by atoms with Crippen molar-refractivity contribution in [2.24, 2.45) is 0 Å². The molecule has 1 N–H and O–H groups in total. The average Bonchev–Trinajstić information content (AvgIpc) is 2.90. The van der Waals surface area contributed by atoms with Crippen LogP contribution in [0.3, 0.4) is 0 Å². The predicted octanol–water partition coefficient (Wildman–Crippen LogP) is 5.28. The van der Waals surface area contributed by atoms with Crippen LogP contribution >= 0.6 is 11.6 Å². The second-order valence-electron chi connectivity index (χ2n) is 10.1. The van der Waals surface area contributed by atoms with Crippen molar-refractivity contribution >= 4 is 39.1 Å². The average molecular weight is 584 g/mol. The maximum absolute atomic E-state index is 14.1. The summed E-state index contributed by atoms with van der Waals surface area (Å²) in [4.78, 5) is 29.2. The first-order chi connectivity index (χ1) is 19.0. The highest BCUT2D eigenvalue weighted by molar-refractivity contribution is 7.92. The number of sulfonamides is 1. The van der Waals surface area contributed by atoms with E-state index in [9.17, 15) is 18.0 Å². The van der Waals surface area contributed by atoms with Crippen molar-refractivity contribution in [1.82, 2.24) is 10.2 Å².